The fourth-order valence-corrected chi connectivity index (χ4v) is 2.09. The topological polar surface area (TPSA) is 20.2 Å². The molecule has 1 nitrogen and oxygen atoms in total. The fraction of sp³-hybridized carbons (Fsp3) is 0.200. The van der Waals surface area contributed by atoms with Crippen molar-refractivity contribution in [3.05, 3.63) is 58.9 Å². The van der Waals surface area contributed by atoms with Crippen molar-refractivity contribution in [1.82, 2.24) is 0 Å². The van der Waals surface area contributed by atoms with Gasteiger partial charge in [-0.3, -0.25) is 0 Å². The molecule has 0 atom stereocenters. The second-order valence-electron chi connectivity index (χ2n) is 4.23. The second-order valence-corrected chi connectivity index (χ2v) is 4.23. The number of halogens is 1. The first-order valence-electron chi connectivity index (χ1n) is 5.59. The van der Waals surface area contributed by atoms with Crippen LogP contribution < -0.4 is 0 Å². The molecule has 0 amide bonds. The lowest BCUT2D eigenvalue weighted by atomic mass is 9.96. The van der Waals surface area contributed by atoms with Gasteiger partial charge in [0.05, 0.1) is 6.61 Å². The SMILES string of the molecule is Cc1cc(-c2ccccc2F)cc(C)c1CO. The molecule has 88 valence electrons. The van der Waals surface area contributed by atoms with E-state index < -0.39 is 0 Å². The van der Waals surface area contributed by atoms with E-state index in [0.29, 0.717) is 5.56 Å². The summed E-state index contributed by atoms with van der Waals surface area (Å²) in [7, 11) is 0. The third-order valence-corrected chi connectivity index (χ3v) is 3.04. The Morgan fingerprint density at radius 2 is 1.65 bits per heavy atom. The zero-order valence-corrected chi connectivity index (χ0v) is 10.00. The highest BCUT2D eigenvalue weighted by Crippen LogP contribution is 2.27. The van der Waals surface area contributed by atoms with Crippen LogP contribution in [0, 0.1) is 19.7 Å². The summed E-state index contributed by atoms with van der Waals surface area (Å²) in [4.78, 5) is 0. The van der Waals surface area contributed by atoms with Crippen LogP contribution in [0.1, 0.15) is 16.7 Å². The number of aliphatic hydroxyl groups is 1. The predicted octanol–water partition coefficient (Wildman–Crippen LogP) is 3.60. The molecule has 0 saturated heterocycles. The van der Waals surface area contributed by atoms with E-state index in [9.17, 15) is 9.50 Å². The van der Waals surface area contributed by atoms with Gasteiger partial charge in [0.15, 0.2) is 0 Å². The van der Waals surface area contributed by atoms with Gasteiger partial charge < -0.3 is 5.11 Å². The number of rotatable bonds is 2. The Bertz CT molecular complexity index is 523. The predicted molar refractivity (Wildman–Crippen MR) is 67.2 cm³/mol. The minimum atomic E-state index is -0.219. The standard InChI is InChI=1S/C15H15FO/c1-10-7-12(8-11(2)14(10)9-17)13-5-3-4-6-15(13)16/h3-8,17H,9H2,1-2H3. The van der Waals surface area contributed by atoms with Crippen molar-refractivity contribution in [2.45, 2.75) is 20.5 Å². The van der Waals surface area contributed by atoms with Crippen molar-refractivity contribution in [2.75, 3.05) is 0 Å². The quantitative estimate of drug-likeness (QED) is 0.835. The van der Waals surface area contributed by atoms with Crippen LogP contribution in [-0.2, 0) is 6.61 Å². The highest BCUT2D eigenvalue weighted by atomic mass is 19.1. The van der Waals surface area contributed by atoms with Crippen LogP contribution >= 0.6 is 0 Å². The number of hydrogen-bond donors (Lipinski definition) is 1. The molecule has 0 spiro atoms. The average Bonchev–Trinajstić information content (AvgIpc) is 2.29. The highest BCUT2D eigenvalue weighted by Gasteiger charge is 2.08. The molecule has 0 aliphatic carbocycles. The van der Waals surface area contributed by atoms with Gasteiger partial charge in [-0.1, -0.05) is 30.3 Å². The summed E-state index contributed by atoms with van der Waals surface area (Å²) in [6, 6.07) is 10.6. The fourth-order valence-electron chi connectivity index (χ4n) is 2.09. The summed E-state index contributed by atoms with van der Waals surface area (Å²) < 4.78 is 13.7. The van der Waals surface area contributed by atoms with Crippen LogP contribution in [0.5, 0.6) is 0 Å². The molecule has 0 heterocycles. The molecular formula is C15H15FO. The lowest BCUT2D eigenvalue weighted by Gasteiger charge is -2.11. The van der Waals surface area contributed by atoms with Gasteiger partial charge >= 0.3 is 0 Å². The summed E-state index contributed by atoms with van der Waals surface area (Å²) in [5.74, 6) is -0.219. The van der Waals surface area contributed by atoms with Crippen LogP contribution in [0.15, 0.2) is 36.4 Å². The summed E-state index contributed by atoms with van der Waals surface area (Å²) in [6.07, 6.45) is 0. The zero-order valence-electron chi connectivity index (χ0n) is 10.00. The molecule has 0 fully saturated rings. The van der Waals surface area contributed by atoms with Crippen molar-refractivity contribution in [3.8, 4) is 11.1 Å². The molecule has 2 aromatic carbocycles. The number of aliphatic hydroxyl groups excluding tert-OH is 1. The van der Waals surface area contributed by atoms with E-state index in [2.05, 4.69) is 0 Å². The van der Waals surface area contributed by atoms with Crippen molar-refractivity contribution < 1.29 is 9.50 Å². The van der Waals surface area contributed by atoms with Crippen LogP contribution in [0.2, 0.25) is 0 Å². The van der Waals surface area contributed by atoms with Crippen molar-refractivity contribution in [2.24, 2.45) is 0 Å². The highest BCUT2D eigenvalue weighted by molar-refractivity contribution is 5.66. The van der Waals surface area contributed by atoms with Crippen molar-refractivity contribution >= 4 is 0 Å². The van der Waals surface area contributed by atoms with Crippen molar-refractivity contribution in [1.29, 1.82) is 0 Å². The van der Waals surface area contributed by atoms with Gasteiger partial charge in [-0.25, -0.2) is 4.39 Å². The third-order valence-electron chi connectivity index (χ3n) is 3.04. The molecule has 0 aliphatic heterocycles. The minimum Gasteiger partial charge on any atom is -0.392 e. The van der Waals surface area contributed by atoms with E-state index in [-0.39, 0.29) is 12.4 Å². The second kappa shape index (κ2) is 4.68. The third kappa shape index (κ3) is 2.22. The Labute approximate surface area is 101 Å². The molecule has 0 aromatic heterocycles. The minimum absolute atomic E-state index is 0.0230. The Balaban J connectivity index is 2.59. The lowest BCUT2D eigenvalue weighted by molar-refractivity contribution is 0.280. The summed E-state index contributed by atoms with van der Waals surface area (Å²) in [5.41, 5.74) is 4.36. The first kappa shape index (κ1) is 11.8. The smallest absolute Gasteiger partial charge is 0.131 e. The molecule has 17 heavy (non-hydrogen) atoms. The summed E-state index contributed by atoms with van der Waals surface area (Å²) in [6.45, 7) is 3.89. The molecule has 0 aliphatic rings. The lowest BCUT2D eigenvalue weighted by Crippen LogP contribution is -1.95. The van der Waals surface area contributed by atoms with E-state index in [0.717, 1.165) is 22.3 Å². The maximum absolute atomic E-state index is 13.7. The van der Waals surface area contributed by atoms with E-state index in [1.165, 1.54) is 6.07 Å². The number of aryl methyl sites for hydroxylation is 2. The van der Waals surface area contributed by atoms with Gasteiger partial charge in [-0.2, -0.15) is 0 Å². The Kier molecular flexibility index (Phi) is 3.25. The van der Waals surface area contributed by atoms with Crippen LogP contribution in [0.3, 0.4) is 0 Å². The Morgan fingerprint density at radius 3 is 2.18 bits per heavy atom. The summed E-state index contributed by atoms with van der Waals surface area (Å²) >= 11 is 0. The Morgan fingerprint density at radius 1 is 1.06 bits per heavy atom. The van der Waals surface area contributed by atoms with E-state index >= 15 is 0 Å². The molecule has 2 heteroatoms. The summed E-state index contributed by atoms with van der Waals surface area (Å²) in [5, 5.41) is 9.24. The normalized spacial score (nSPS) is 10.6. The largest absolute Gasteiger partial charge is 0.392 e. The molecule has 0 bridgehead atoms. The molecule has 2 rings (SSSR count). The van der Waals surface area contributed by atoms with Gasteiger partial charge in [0.1, 0.15) is 5.82 Å². The molecule has 0 unspecified atom stereocenters. The van der Waals surface area contributed by atoms with Gasteiger partial charge in [0, 0.05) is 5.56 Å². The zero-order chi connectivity index (χ0) is 12.4. The number of benzene rings is 2. The van der Waals surface area contributed by atoms with E-state index in [1.807, 2.05) is 32.0 Å². The number of hydrogen-bond acceptors (Lipinski definition) is 1. The van der Waals surface area contributed by atoms with Crippen LogP contribution in [0.25, 0.3) is 11.1 Å². The monoisotopic (exact) mass is 230 g/mol. The van der Waals surface area contributed by atoms with Gasteiger partial charge in [-0.05, 0) is 42.2 Å². The first-order chi connectivity index (χ1) is 8.13. The van der Waals surface area contributed by atoms with Gasteiger partial charge in [-0.15, -0.1) is 0 Å². The van der Waals surface area contributed by atoms with Gasteiger partial charge in [0.25, 0.3) is 0 Å². The van der Waals surface area contributed by atoms with E-state index in [1.54, 1.807) is 12.1 Å². The average molecular weight is 230 g/mol. The van der Waals surface area contributed by atoms with Crippen molar-refractivity contribution in [3.63, 3.8) is 0 Å². The van der Waals surface area contributed by atoms with Crippen LogP contribution in [-0.4, -0.2) is 5.11 Å². The molecule has 0 radical (unpaired) electrons. The van der Waals surface area contributed by atoms with Crippen LogP contribution in [0.4, 0.5) is 4.39 Å². The molecule has 0 saturated carbocycles. The maximum atomic E-state index is 13.7. The maximum Gasteiger partial charge on any atom is 0.131 e. The van der Waals surface area contributed by atoms with Gasteiger partial charge in [0.2, 0.25) is 0 Å². The first-order valence-corrected chi connectivity index (χ1v) is 5.59. The molecule has 2 aromatic rings. The van der Waals surface area contributed by atoms with E-state index in [4.69, 9.17) is 0 Å². The molecular weight excluding hydrogens is 215 g/mol. The molecule has 1 N–H and O–H groups in total. The Hall–Kier alpha value is -1.67.